The minimum atomic E-state index is -2.98. The summed E-state index contributed by atoms with van der Waals surface area (Å²) < 4.78 is 43.3. The predicted octanol–water partition coefficient (Wildman–Crippen LogP) is 4.22. The van der Waals surface area contributed by atoms with E-state index in [0.29, 0.717) is 38.3 Å². The molecular formula is C23H27F3N6O. The zero-order valence-electron chi connectivity index (χ0n) is 18.9. The highest BCUT2D eigenvalue weighted by Crippen LogP contribution is 2.27. The highest BCUT2D eigenvalue weighted by atomic mass is 19.3. The van der Waals surface area contributed by atoms with Gasteiger partial charge in [-0.05, 0) is 32.9 Å². The second-order valence-electron chi connectivity index (χ2n) is 8.40. The van der Waals surface area contributed by atoms with Crippen molar-refractivity contribution in [3.63, 3.8) is 0 Å². The van der Waals surface area contributed by atoms with Crippen LogP contribution < -0.4 is 15.0 Å². The number of nitrogens with zero attached hydrogens (tertiary/aromatic N) is 5. The van der Waals surface area contributed by atoms with Crippen LogP contribution in [0.2, 0.25) is 0 Å². The number of ether oxygens (including phenoxy) is 1. The summed E-state index contributed by atoms with van der Waals surface area (Å²) in [4.78, 5) is 18.3. The van der Waals surface area contributed by atoms with Crippen molar-refractivity contribution in [1.29, 1.82) is 0 Å². The van der Waals surface area contributed by atoms with Crippen molar-refractivity contribution in [2.45, 2.75) is 40.0 Å². The summed E-state index contributed by atoms with van der Waals surface area (Å²) in [6, 6.07) is 5.98. The van der Waals surface area contributed by atoms with Gasteiger partial charge in [0.25, 0.3) is 0 Å². The Labute approximate surface area is 190 Å². The fourth-order valence-electron chi connectivity index (χ4n) is 3.83. The van der Waals surface area contributed by atoms with Crippen molar-refractivity contribution in [2.75, 3.05) is 36.4 Å². The molecule has 0 bridgehead atoms. The van der Waals surface area contributed by atoms with E-state index in [1.807, 2.05) is 26.8 Å². The number of alkyl halides is 2. The first-order chi connectivity index (χ1) is 15.8. The molecule has 0 spiro atoms. The lowest BCUT2D eigenvalue weighted by Gasteiger charge is -2.36. The molecule has 1 saturated heterocycles. The lowest BCUT2D eigenvalue weighted by molar-refractivity contribution is -0.0500. The van der Waals surface area contributed by atoms with Crippen LogP contribution in [0.3, 0.4) is 0 Å². The van der Waals surface area contributed by atoms with Gasteiger partial charge in [-0.25, -0.2) is 14.4 Å². The van der Waals surface area contributed by atoms with E-state index < -0.39 is 12.4 Å². The highest BCUT2D eigenvalue weighted by Gasteiger charge is 2.23. The number of hydrogen-bond donors (Lipinski definition) is 1. The molecule has 1 fully saturated rings. The zero-order valence-corrected chi connectivity index (χ0v) is 18.9. The Morgan fingerprint density at radius 3 is 2.48 bits per heavy atom. The summed E-state index contributed by atoms with van der Waals surface area (Å²) in [5.41, 5.74) is 2.85. The van der Waals surface area contributed by atoms with Crippen molar-refractivity contribution in [1.82, 2.24) is 19.9 Å². The first-order valence-corrected chi connectivity index (χ1v) is 10.9. The molecule has 0 amide bonds. The van der Waals surface area contributed by atoms with Gasteiger partial charge < -0.3 is 15.0 Å². The van der Waals surface area contributed by atoms with Crippen molar-refractivity contribution in [2.24, 2.45) is 0 Å². The zero-order chi connectivity index (χ0) is 23.5. The van der Waals surface area contributed by atoms with Gasteiger partial charge in [0, 0.05) is 56.1 Å². The number of halogens is 3. The quantitative estimate of drug-likeness (QED) is 0.566. The summed E-state index contributed by atoms with van der Waals surface area (Å²) in [5.74, 6) is 0.781. The van der Waals surface area contributed by atoms with E-state index in [-0.39, 0.29) is 11.8 Å². The molecular weight excluding hydrogens is 433 g/mol. The Hall–Kier alpha value is -3.14. The van der Waals surface area contributed by atoms with Crippen LogP contribution in [0.5, 0.6) is 5.75 Å². The molecule has 0 saturated carbocycles. The van der Waals surface area contributed by atoms with E-state index in [1.165, 1.54) is 12.1 Å². The molecule has 3 aromatic rings. The Bertz CT molecular complexity index is 1120. The first-order valence-electron chi connectivity index (χ1n) is 10.9. The van der Waals surface area contributed by atoms with Crippen molar-refractivity contribution >= 4 is 22.7 Å². The van der Waals surface area contributed by atoms with Crippen LogP contribution in [0.1, 0.15) is 25.1 Å². The highest BCUT2D eigenvalue weighted by molar-refractivity contribution is 5.80. The monoisotopic (exact) mass is 460 g/mol. The first kappa shape index (κ1) is 23.0. The van der Waals surface area contributed by atoms with Gasteiger partial charge >= 0.3 is 6.61 Å². The fourth-order valence-corrected chi connectivity index (χ4v) is 3.83. The average Bonchev–Trinajstić information content (AvgIpc) is 2.75. The minimum absolute atomic E-state index is 0.179. The largest absolute Gasteiger partial charge is 0.435 e. The molecule has 10 heteroatoms. The van der Waals surface area contributed by atoms with Crippen LogP contribution in [-0.4, -0.2) is 58.7 Å². The number of piperazine rings is 1. The van der Waals surface area contributed by atoms with E-state index in [9.17, 15) is 13.2 Å². The van der Waals surface area contributed by atoms with Gasteiger partial charge in [0.05, 0.1) is 11.7 Å². The number of nitrogens with one attached hydrogen (secondary N) is 1. The Morgan fingerprint density at radius 2 is 1.82 bits per heavy atom. The Kier molecular flexibility index (Phi) is 6.83. The maximum atomic E-state index is 14.4. The molecule has 3 heterocycles. The number of pyridine rings is 1. The Morgan fingerprint density at radius 1 is 1.06 bits per heavy atom. The minimum Gasteiger partial charge on any atom is -0.435 e. The van der Waals surface area contributed by atoms with Crippen molar-refractivity contribution < 1.29 is 17.9 Å². The molecule has 4 rings (SSSR count). The maximum absolute atomic E-state index is 14.4. The van der Waals surface area contributed by atoms with E-state index >= 15 is 0 Å². The van der Waals surface area contributed by atoms with Crippen molar-refractivity contribution in [3.8, 4) is 5.75 Å². The molecule has 176 valence electrons. The topological polar surface area (TPSA) is 66.4 Å². The predicted molar refractivity (Wildman–Crippen MR) is 121 cm³/mol. The molecule has 2 aromatic heterocycles. The smallest absolute Gasteiger partial charge is 0.387 e. The number of rotatable bonds is 7. The van der Waals surface area contributed by atoms with Gasteiger partial charge in [0.1, 0.15) is 17.1 Å². The fraction of sp³-hybridized carbons (Fsp3) is 0.435. The van der Waals surface area contributed by atoms with Gasteiger partial charge in [0.2, 0.25) is 0 Å². The van der Waals surface area contributed by atoms with Crippen molar-refractivity contribution in [3.05, 3.63) is 47.5 Å². The van der Waals surface area contributed by atoms with Gasteiger partial charge in [-0.1, -0.05) is 6.07 Å². The summed E-state index contributed by atoms with van der Waals surface area (Å²) in [6.07, 6.45) is 1.73. The summed E-state index contributed by atoms with van der Waals surface area (Å²) in [7, 11) is 0. The molecule has 7 nitrogen and oxygen atoms in total. The standard InChI is InChI=1S/C23H27F3N6O/c1-14(2)28-21-22(30-19-10-15(3)27-12-20(19)29-21)32-8-6-31(7-9-32)13-16-4-5-17(11-18(16)24)33-23(25)26/h4-5,10-12,14,23H,6-9,13H2,1-3H3,(H,28,29). The number of aryl methyl sites for hydroxylation is 1. The Balaban J connectivity index is 1.47. The van der Waals surface area contributed by atoms with E-state index in [4.69, 9.17) is 9.97 Å². The molecule has 0 atom stereocenters. The van der Waals surface area contributed by atoms with Gasteiger partial charge in [-0.2, -0.15) is 8.78 Å². The summed E-state index contributed by atoms with van der Waals surface area (Å²) in [5, 5.41) is 3.38. The van der Waals surface area contributed by atoms with Crippen LogP contribution in [0.15, 0.2) is 30.5 Å². The second-order valence-corrected chi connectivity index (χ2v) is 8.40. The van der Waals surface area contributed by atoms with Crippen LogP contribution in [-0.2, 0) is 6.54 Å². The molecule has 1 aromatic carbocycles. The van der Waals surface area contributed by atoms with Gasteiger partial charge in [-0.15, -0.1) is 0 Å². The number of aromatic nitrogens is 3. The van der Waals surface area contributed by atoms with E-state index in [0.717, 1.165) is 34.4 Å². The maximum Gasteiger partial charge on any atom is 0.387 e. The third kappa shape index (κ3) is 5.62. The third-order valence-corrected chi connectivity index (χ3v) is 5.41. The van der Waals surface area contributed by atoms with Gasteiger partial charge in [-0.3, -0.25) is 9.88 Å². The second kappa shape index (κ2) is 9.78. The average molecular weight is 461 g/mol. The number of benzene rings is 1. The molecule has 1 aliphatic rings. The molecule has 0 radical (unpaired) electrons. The molecule has 1 N–H and O–H groups in total. The van der Waals surface area contributed by atoms with Gasteiger partial charge in [0.15, 0.2) is 11.6 Å². The normalized spacial score (nSPS) is 15.0. The third-order valence-electron chi connectivity index (χ3n) is 5.41. The lowest BCUT2D eigenvalue weighted by Crippen LogP contribution is -2.46. The number of hydrogen-bond acceptors (Lipinski definition) is 7. The molecule has 0 aliphatic carbocycles. The molecule has 1 aliphatic heterocycles. The van der Waals surface area contributed by atoms with E-state index in [2.05, 4.69) is 24.8 Å². The molecule has 0 unspecified atom stereocenters. The molecule has 33 heavy (non-hydrogen) atoms. The number of fused-ring (bicyclic) bond motifs is 1. The SMILES string of the molecule is Cc1cc2nc(N3CCN(Cc4ccc(OC(F)F)cc4F)CC3)c(NC(C)C)nc2cn1. The summed E-state index contributed by atoms with van der Waals surface area (Å²) >= 11 is 0. The lowest BCUT2D eigenvalue weighted by atomic mass is 10.1. The number of anilines is 2. The van der Waals surface area contributed by atoms with E-state index in [1.54, 1.807) is 6.20 Å². The van der Waals surface area contributed by atoms with Crippen LogP contribution in [0.4, 0.5) is 24.8 Å². The van der Waals surface area contributed by atoms with Crippen LogP contribution >= 0.6 is 0 Å². The van der Waals surface area contributed by atoms with Crippen LogP contribution in [0.25, 0.3) is 11.0 Å². The van der Waals surface area contributed by atoms with Crippen LogP contribution in [0, 0.1) is 12.7 Å². The summed E-state index contributed by atoms with van der Waals surface area (Å²) in [6.45, 7) is 6.23.